The Balaban J connectivity index is 1.63. The second-order valence-corrected chi connectivity index (χ2v) is 8.90. The number of benzene rings is 1. The minimum absolute atomic E-state index is 0.127. The van der Waals surface area contributed by atoms with Crippen LogP contribution in [0.1, 0.15) is 15.9 Å². The van der Waals surface area contributed by atoms with Gasteiger partial charge in [0.2, 0.25) is 0 Å². The molecule has 0 atom stereocenters. The van der Waals surface area contributed by atoms with Crippen LogP contribution >= 0.6 is 22.9 Å². The molecular formula is C17H14ClN3O3S2. The summed E-state index contributed by atoms with van der Waals surface area (Å²) in [4.78, 5) is 16.1. The molecule has 0 aliphatic heterocycles. The lowest BCUT2D eigenvalue weighted by molar-refractivity contribution is 0.0951. The van der Waals surface area contributed by atoms with Crippen LogP contribution in [0.15, 0.2) is 65.1 Å². The van der Waals surface area contributed by atoms with Crippen molar-refractivity contribution in [2.24, 2.45) is 0 Å². The van der Waals surface area contributed by atoms with Crippen LogP contribution in [0.4, 0.5) is 5.69 Å². The highest BCUT2D eigenvalue weighted by atomic mass is 35.5. The van der Waals surface area contributed by atoms with Gasteiger partial charge in [0.05, 0.1) is 4.34 Å². The predicted octanol–water partition coefficient (Wildman–Crippen LogP) is 3.53. The van der Waals surface area contributed by atoms with Gasteiger partial charge in [-0.15, -0.1) is 11.3 Å². The number of carbonyl (C=O) groups is 1. The molecule has 6 nitrogen and oxygen atoms in total. The van der Waals surface area contributed by atoms with Gasteiger partial charge in [-0.05, 0) is 54.1 Å². The van der Waals surface area contributed by atoms with E-state index in [9.17, 15) is 13.2 Å². The quantitative estimate of drug-likeness (QED) is 0.654. The zero-order valence-corrected chi connectivity index (χ0v) is 15.7. The van der Waals surface area contributed by atoms with Gasteiger partial charge in [0, 0.05) is 30.2 Å². The highest BCUT2D eigenvalue weighted by Crippen LogP contribution is 2.27. The van der Waals surface area contributed by atoms with Crippen molar-refractivity contribution < 1.29 is 13.2 Å². The Labute approximate surface area is 159 Å². The van der Waals surface area contributed by atoms with Gasteiger partial charge in [-0.3, -0.25) is 14.5 Å². The van der Waals surface area contributed by atoms with Crippen molar-refractivity contribution in [2.75, 3.05) is 4.72 Å². The van der Waals surface area contributed by atoms with Gasteiger partial charge in [-0.25, -0.2) is 8.42 Å². The molecule has 1 aromatic carbocycles. The number of hydrogen-bond donors (Lipinski definition) is 2. The number of nitrogens with one attached hydrogen (secondary N) is 2. The van der Waals surface area contributed by atoms with E-state index in [-0.39, 0.29) is 10.1 Å². The van der Waals surface area contributed by atoms with Crippen LogP contribution in [-0.4, -0.2) is 19.3 Å². The van der Waals surface area contributed by atoms with Crippen LogP contribution in [-0.2, 0) is 16.6 Å². The summed E-state index contributed by atoms with van der Waals surface area (Å²) in [6, 6.07) is 12.8. The smallest absolute Gasteiger partial charge is 0.271 e. The average Bonchev–Trinajstić information content (AvgIpc) is 3.08. The molecule has 0 aliphatic rings. The molecule has 0 aliphatic carbocycles. The summed E-state index contributed by atoms with van der Waals surface area (Å²) in [5.74, 6) is -0.249. The number of hydrogen-bond acceptors (Lipinski definition) is 5. The molecular weight excluding hydrogens is 394 g/mol. The van der Waals surface area contributed by atoms with E-state index >= 15 is 0 Å². The van der Waals surface area contributed by atoms with Crippen LogP contribution in [0, 0.1) is 0 Å². The molecule has 2 N–H and O–H groups in total. The summed E-state index contributed by atoms with van der Waals surface area (Å²) in [5, 5.41) is 2.79. The molecule has 3 aromatic rings. The molecule has 2 aromatic heterocycles. The van der Waals surface area contributed by atoms with E-state index in [2.05, 4.69) is 15.0 Å². The van der Waals surface area contributed by atoms with Crippen LogP contribution in [0.2, 0.25) is 4.34 Å². The summed E-state index contributed by atoms with van der Waals surface area (Å²) in [5.41, 5.74) is 1.73. The predicted molar refractivity (Wildman–Crippen MR) is 102 cm³/mol. The SMILES string of the molecule is O=C(NCc1ccncc1)c1ccc(NS(=O)(=O)c2ccc(Cl)s2)cc1. The largest absolute Gasteiger partial charge is 0.348 e. The Morgan fingerprint density at radius 3 is 2.35 bits per heavy atom. The van der Waals surface area contributed by atoms with Gasteiger partial charge in [-0.1, -0.05) is 11.6 Å². The molecule has 0 unspecified atom stereocenters. The maximum absolute atomic E-state index is 12.2. The molecule has 9 heteroatoms. The van der Waals surface area contributed by atoms with Gasteiger partial charge in [0.25, 0.3) is 15.9 Å². The fourth-order valence-corrected chi connectivity index (χ4v) is 4.66. The van der Waals surface area contributed by atoms with Crippen molar-refractivity contribution in [3.8, 4) is 0 Å². The molecule has 3 rings (SSSR count). The Kier molecular flexibility index (Phi) is 5.55. The molecule has 0 bridgehead atoms. The average molecular weight is 408 g/mol. The molecule has 2 heterocycles. The fraction of sp³-hybridized carbons (Fsp3) is 0.0588. The maximum Gasteiger partial charge on any atom is 0.271 e. The third-order valence-corrected chi connectivity index (χ3v) is 6.52. The van der Waals surface area contributed by atoms with Crippen molar-refractivity contribution in [2.45, 2.75) is 10.8 Å². The van der Waals surface area contributed by atoms with E-state index in [1.807, 2.05) is 12.1 Å². The van der Waals surface area contributed by atoms with E-state index in [0.29, 0.717) is 22.1 Å². The fourth-order valence-electron chi connectivity index (χ4n) is 2.12. The van der Waals surface area contributed by atoms with Gasteiger partial charge in [-0.2, -0.15) is 0 Å². The normalized spacial score (nSPS) is 11.1. The minimum Gasteiger partial charge on any atom is -0.348 e. The third kappa shape index (κ3) is 4.60. The number of pyridine rings is 1. The number of carbonyl (C=O) groups excluding carboxylic acids is 1. The Morgan fingerprint density at radius 2 is 1.73 bits per heavy atom. The van der Waals surface area contributed by atoms with Crippen molar-refractivity contribution in [1.82, 2.24) is 10.3 Å². The van der Waals surface area contributed by atoms with E-state index in [4.69, 9.17) is 11.6 Å². The van der Waals surface area contributed by atoms with Gasteiger partial charge in [0.1, 0.15) is 4.21 Å². The first-order chi connectivity index (χ1) is 12.4. The maximum atomic E-state index is 12.2. The van der Waals surface area contributed by atoms with E-state index in [1.54, 1.807) is 24.5 Å². The topological polar surface area (TPSA) is 88.2 Å². The van der Waals surface area contributed by atoms with E-state index < -0.39 is 10.0 Å². The summed E-state index contributed by atoms with van der Waals surface area (Å²) >= 11 is 6.75. The lowest BCUT2D eigenvalue weighted by Gasteiger charge is -2.08. The lowest BCUT2D eigenvalue weighted by Crippen LogP contribution is -2.22. The number of thiophene rings is 1. The Hall–Kier alpha value is -2.42. The molecule has 0 saturated heterocycles. The molecule has 134 valence electrons. The highest BCUT2D eigenvalue weighted by Gasteiger charge is 2.17. The first kappa shape index (κ1) is 18.4. The molecule has 1 amide bonds. The molecule has 0 spiro atoms. The molecule has 0 fully saturated rings. The Bertz CT molecular complexity index is 1000. The molecule has 0 saturated carbocycles. The van der Waals surface area contributed by atoms with Crippen LogP contribution in [0.3, 0.4) is 0 Å². The third-order valence-electron chi connectivity index (χ3n) is 3.42. The van der Waals surface area contributed by atoms with Crippen molar-refractivity contribution in [3.05, 3.63) is 76.4 Å². The van der Waals surface area contributed by atoms with Gasteiger partial charge < -0.3 is 5.32 Å². The zero-order chi connectivity index (χ0) is 18.6. The molecule has 0 radical (unpaired) electrons. The number of amides is 1. The van der Waals surface area contributed by atoms with Crippen molar-refractivity contribution in [1.29, 1.82) is 0 Å². The Morgan fingerprint density at radius 1 is 1.04 bits per heavy atom. The lowest BCUT2D eigenvalue weighted by atomic mass is 10.2. The second kappa shape index (κ2) is 7.86. The first-order valence-electron chi connectivity index (χ1n) is 7.49. The minimum atomic E-state index is -3.69. The van der Waals surface area contributed by atoms with Gasteiger partial charge in [0.15, 0.2) is 0 Å². The summed E-state index contributed by atoms with van der Waals surface area (Å²) < 4.78 is 27.5. The number of anilines is 1. The zero-order valence-electron chi connectivity index (χ0n) is 13.3. The highest BCUT2D eigenvalue weighted by molar-refractivity contribution is 7.94. The summed E-state index contributed by atoms with van der Waals surface area (Å²) in [6.07, 6.45) is 3.31. The molecule has 26 heavy (non-hydrogen) atoms. The van der Waals surface area contributed by atoms with Gasteiger partial charge >= 0.3 is 0 Å². The first-order valence-corrected chi connectivity index (χ1v) is 10.2. The van der Waals surface area contributed by atoms with E-state index in [0.717, 1.165) is 16.9 Å². The van der Waals surface area contributed by atoms with Crippen molar-refractivity contribution >= 4 is 44.6 Å². The van der Waals surface area contributed by atoms with E-state index in [1.165, 1.54) is 24.3 Å². The standard InChI is InChI=1S/C17H14ClN3O3S2/c18-15-5-6-16(25-15)26(23,24)21-14-3-1-13(2-4-14)17(22)20-11-12-7-9-19-10-8-12/h1-10,21H,11H2,(H,20,22). The number of aromatic nitrogens is 1. The number of nitrogens with zero attached hydrogens (tertiary/aromatic N) is 1. The van der Waals surface area contributed by atoms with Crippen molar-refractivity contribution in [3.63, 3.8) is 0 Å². The van der Waals surface area contributed by atoms with Crippen LogP contribution < -0.4 is 10.0 Å². The second-order valence-electron chi connectivity index (χ2n) is 5.28. The number of halogens is 1. The monoisotopic (exact) mass is 407 g/mol. The number of sulfonamides is 1. The van der Waals surface area contributed by atoms with Crippen LogP contribution in [0.25, 0.3) is 0 Å². The number of rotatable bonds is 6. The summed E-state index contributed by atoms with van der Waals surface area (Å²) in [6.45, 7) is 0.384. The van der Waals surface area contributed by atoms with Crippen LogP contribution in [0.5, 0.6) is 0 Å². The summed E-state index contributed by atoms with van der Waals surface area (Å²) in [7, 11) is -3.69.